The van der Waals surface area contributed by atoms with Gasteiger partial charge in [0.1, 0.15) is 5.78 Å². The van der Waals surface area contributed by atoms with E-state index in [9.17, 15) is 9.90 Å². The van der Waals surface area contributed by atoms with Gasteiger partial charge in [0.25, 0.3) is 0 Å². The molecule has 0 aliphatic heterocycles. The van der Waals surface area contributed by atoms with Gasteiger partial charge in [0, 0.05) is 11.8 Å². The van der Waals surface area contributed by atoms with Crippen molar-refractivity contribution in [3.8, 4) is 0 Å². The van der Waals surface area contributed by atoms with Gasteiger partial charge in [0.15, 0.2) is 0 Å². The number of Topliss-reactive ketones (excluding diaryl/α,β-unsaturated/α-hetero) is 1. The number of carbonyl (C=O) groups excluding carboxylic acids is 1. The summed E-state index contributed by atoms with van der Waals surface area (Å²) >= 11 is 0. The molecule has 0 saturated heterocycles. The van der Waals surface area contributed by atoms with Crippen LogP contribution in [-0.2, 0) is 4.79 Å². The fourth-order valence-corrected chi connectivity index (χ4v) is 9.27. The van der Waals surface area contributed by atoms with Crippen molar-refractivity contribution >= 4 is 5.78 Å². The zero-order valence-corrected chi connectivity index (χ0v) is 21.3. The van der Waals surface area contributed by atoms with Crippen molar-refractivity contribution in [1.82, 2.24) is 0 Å². The summed E-state index contributed by atoms with van der Waals surface area (Å²) in [5.74, 6) is 4.21. The van der Waals surface area contributed by atoms with E-state index in [0.29, 0.717) is 35.4 Å². The number of rotatable bonds is 5. The van der Waals surface area contributed by atoms with Crippen LogP contribution >= 0.6 is 0 Å². The lowest BCUT2D eigenvalue weighted by Crippen LogP contribution is -2.55. The Morgan fingerprint density at radius 2 is 1.81 bits per heavy atom. The molecule has 4 aliphatic rings. The highest BCUT2D eigenvalue weighted by atomic mass is 16.3. The van der Waals surface area contributed by atoms with Gasteiger partial charge in [-0.05, 0) is 92.3 Å². The van der Waals surface area contributed by atoms with Crippen LogP contribution in [0.4, 0.5) is 0 Å². The fourth-order valence-electron chi connectivity index (χ4n) is 9.27. The lowest BCUT2D eigenvalue weighted by Gasteiger charge is -2.60. The molecule has 0 aromatic heterocycles. The zero-order valence-electron chi connectivity index (χ0n) is 21.3. The van der Waals surface area contributed by atoms with Gasteiger partial charge in [-0.2, -0.15) is 0 Å². The smallest absolute Gasteiger partial charge is 0.142 e. The molecule has 4 aliphatic carbocycles. The third-order valence-corrected chi connectivity index (χ3v) is 10.9. The molecule has 0 bridgehead atoms. The summed E-state index contributed by atoms with van der Waals surface area (Å²) in [6, 6.07) is 0. The molecule has 0 unspecified atom stereocenters. The first-order chi connectivity index (χ1) is 14.4. The number of carbonyl (C=O) groups is 1. The quantitative estimate of drug-likeness (QED) is 0.470. The summed E-state index contributed by atoms with van der Waals surface area (Å²) in [7, 11) is 0. The van der Waals surface area contributed by atoms with Gasteiger partial charge in [-0.3, -0.25) is 4.79 Å². The van der Waals surface area contributed by atoms with E-state index in [1.54, 1.807) is 0 Å². The van der Waals surface area contributed by atoms with Crippen LogP contribution in [0.5, 0.6) is 0 Å². The van der Waals surface area contributed by atoms with E-state index in [1.165, 1.54) is 37.7 Å². The van der Waals surface area contributed by atoms with Crippen molar-refractivity contribution in [2.24, 2.45) is 51.8 Å². The first kappa shape index (κ1) is 23.5. The molecule has 0 aromatic rings. The average molecular weight is 429 g/mol. The molecular weight excluding hydrogens is 380 g/mol. The van der Waals surface area contributed by atoms with Crippen LogP contribution in [0, 0.1) is 51.8 Å². The summed E-state index contributed by atoms with van der Waals surface area (Å²) in [4.78, 5) is 12.7. The number of ketones is 1. The highest BCUT2D eigenvalue weighted by molar-refractivity contribution is 5.89. The van der Waals surface area contributed by atoms with Gasteiger partial charge in [-0.25, -0.2) is 0 Å². The van der Waals surface area contributed by atoms with Crippen molar-refractivity contribution in [2.45, 2.75) is 112 Å². The zero-order chi connectivity index (χ0) is 22.8. The van der Waals surface area contributed by atoms with Gasteiger partial charge in [0.2, 0.25) is 0 Å². The first-order valence-corrected chi connectivity index (χ1v) is 13.4. The number of hydrogen-bond acceptors (Lipinski definition) is 2. The van der Waals surface area contributed by atoms with Crippen molar-refractivity contribution in [3.05, 3.63) is 11.6 Å². The van der Waals surface area contributed by atoms with E-state index in [4.69, 9.17) is 0 Å². The molecule has 2 nitrogen and oxygen atoms in total. The van der Waals surface area contributed by atoms with E-state index in [0.717, 1.165) is 31.6 Å². The number of aliphatic hydroxyl groups excluding tert-OH is 1. The minimum Gasteiger partial charge on any atom is -0.393 e. The van der Waals surface area contributed by atoms with Gasteiger partial charge in [-0.15, -0.1) is 0 Å². The Bertz CT molecular complexity index is 733. The third-order valence-electron chi connectivity index (χ3n) is 10.9. The monoisotopic (exact) mass is 428 g/mol. The van der Waals surface area contributed by atoms with Gasteiger partial charge in [0.05, 0.1) is 6.10 Å². The minimum atomic E-state index is -0.305. The summed E-state index contributed by atoms with van der Waals surface area (Å²) in [5.41, 5.74) is 1.54. The standard InChI is InChI=1S/C29H48O2/c1-18(2)9-8-10-19(3)22-17-23(30)26-20-11-12-24-27(4,5)25(31)14-16-28(24,6)21(20)13-15-29(22,26)7/h12,18-23,26,30H,8-11,13-17H2,1-7H3/t19-,20-,21+,22-,23-,26-,28-,29-/m1/s1. The molecule has 31 heavy (non-hydrogen) atoms. The molecule has 0 radical (unpaired) electrons. The Morgan fingerprint density at radius 3 is 2.48 bits per heavy atom. The minimum absolute atomic E-state index is 0.141. The SMILES string of the molecule is CC(C)CCC[C@@H](C)[C@H]1C[C@@H](O)[C@H]2[C@@H]3CC=C4C(C)(C)C(=O)CC[C@]4(C)[C@H]3CC[C@@]21C. The predicted octanol–water partition coefficient (Wildman–Crippen LogP) is 7.20. The van der Waals surface area contributed by atoms with Crippen LogP contribution in [0.1, 0.15) is 106 Å². The van der Waals surface area contributed by atoms with Gasteiger partial charge in [-0.1, -0.05) is 65.5 Å². The molecule has 176 valence electrons. The molecule has 2 heteroatoms. The first-order valence-electron chi connectivity index (χ1n) is 13.4. The molecule has 0 amide bonds. The van der Waals surface area contributed by atoms with Gasteiger partial charge < -0.3 is 5.11 Å². The summed E-state index contributed by atoms with van der Waals surface area (Å²) in [5, 5.41) is 11.4. The molecule has 3 saturated carbocycles. The third kappa shape index (κ3) is 3.58. The van der Waals surface area contributed by atoms with Crippen molar-refractivity contribution in [2.75, 3.05) is 0 Å². The number of fused-ring (bicyclic) bond motifs is 5. The van der Waals surface area contributed by atoms with Crippen LogP contribution in [-0.4, -0.2) is 17.0 Å². The number of allylic oxidation sites excluding steroid dienone is 2. The Labute approximate surface area is 191 Å². The highest BCUT2D eigenvalue weighted by Gasteiger charge is 2.63. The lowest BCUT2D eigenvalue weighted by molar-refractivity contribution is -0.133. The number of hydrogen-bond donors (Lipinski definition) is 1. The fraction of sp³-hybridized carbons (Fsp3) is 0.897. The van der Waals surface area contributed by atoms with Crippen molar-refractivity contribution < 1.29 is 9.90 Å². The van der Waals surface area contributed by atoms with E-state index in [2.05, 4.69) is 54.5 Å². The summed E-state index contributed by atoms with van der Waals surface area (Å²) < 4.78 is 0. The highest BCUT2D eigenvalue weighted by Crippen LogP contribution is 2.68. The largest absolute Gasteiger partial charge is 0.393 e. The van der Waals surface area contributed by atoms with E-state index in [-0.39, 0.29) is 22.3 Å². The number of aliphatic hydroxyl groups is 1. The molecule has 0 spiro atoms. The molecule has 4 rings (SSSR count). The molecule has 3 fully saturated rings. The van der Waals surface area contributed by atoms with Crippen LogP contribution in [0.3, 0.4) is 0 Å². The summed E-state index contributed by atoms with van der Waals surface area (Å²) in [6.45, 7) is 16.4. The Kier molecular flexibility index (Phi) is 6.07. The van der Waals surface area contributed by atoms with Crippen molar-refractivity contribution in [1.29, 1.82) is 0 Å². The Balaban J connectivity index is 1.59. The molecule has 1 N–H and O–H groups in total. The topological polar surface area (TPSA) is 37.3 Å². The average Bonchev–Trinajstić information content (AvgIpc) is 2.96. The molecule has 8 atom stereocenters. The summed E-state index contributed by atoms with van der Waals surface area (Å²) in [6.07, 6.45) is 12.6. The van der Waals surface area contributed by atoms with Crippen LogP contribution in [0.15, 0.2) is 11.6 Å². The second-order valence-corrected chi connectivity index (χ2v) is 13.4. The maximum atomic E-state index is 12.7. The van der Waals surface area contributed by atoms with Crippen LogP contribution in [0.25, 0.3) is 0 Å². The normalized spacial score (nSPS) is 45.0. The van der Waals surface area contributed by atoms with Crippen molar-refractivity contribution in [3.63, 3.8) is 0 Å². The maximum Gasteiger partial charge on any atom is 0.142 e. The van der Waals surface area contributed by atoms with Crippen LogP contribution < -0.4 is 0 Å². The van der Waals surface area contributed by atoms with Crippen LogP contribution in [0.2, 0.25) is 0 Å². The second kappa shape index (κ2) is 8.00. The Morgan fingerprint density at radius 1 is 1.10 bits per heavy atom. The molecule has 0 heterocycles. The predicted molar refractivity (Wildman–Crippen MR) is 129 cm³/mol. The molecular formula is C29H48O2. The van der Waals surface area contributed by atoms with E-state index < -0.39 is 0 Å². The second-order valence-electron chi connectivity index (χ2n) is 13.4. The molecule has 0 aromatic carbocycles. The lowest BCUT2D eigenvalue weighted by atomic mass is 9.44. The van der Waals surface area contributed by atoms with Gasteiger partial charge >= 0.3 is 0 Å². The Hall–Kier alpha value is -0.630. The van der Waals surface area contributed by atoms with E-state index >= 15 is 0 Å². The maximum absolute atomic E-state index is 12.7. The van der Waals surface area contributed by atoms with E-state index in [1.807, 2.05) is 0 Å².